The number of aliphatic hydroxyl groups is 1. The number of nitrogens with one attached hydrogen (secondary N) is 1. The molecule has 150 valence electrons. The zero-order chi connectivity index (χ0) is 20.7. The van der Waals surface area contributed by atoms with Gasteiger partial charge in [0.05, 0.1) is 18.6 Å². The van der Waals surface area contributed by atoms with Gasteiger partial charge in [-0.1, -0.05) is 47.5 Å². The third-order valence-corrected chi connectivity index (χ3v) is 4.51. The van der Waals surface area contributed by atoms with Gasteiger partial charge in [-0.15, -0.1) is 0 Å². The molecule has 0 saturated heterocycles. The van der Waals surface area contributed by atoms with Gasteiger partial charge in [0, 0.05) is 17.2 Å². The van der Waals surface area contributed by atoms with Crippen molar-refractivity contribution in [3.63, 3.8) is 0 Å². The average molecular weight is 426 g/mol. The lowest BCUT2D eigenvalue weighted by Crippen LogP contribution is -2.46. The van der Waals surface area contributed by atoms with Crippen molar-refractivity contribution in [3.05, 3.63) is 58.1 Å². The van der Waals surface area contributed by atoms with E-state index in [-0.39, 0.29) is 13.0 Å². The first kappa shape index (κ1) is 22.2. The number of benzene rings is 2. The van der Waals surface area contributed by atoms with Crippen molar-refractivity contribution in [2.24, 2.45) is 0 Å². The Balaban J connectivity index is 2.16. The number of aliphatic carboxylic acids is 1. The minimum atomic E-state index is -1.23. The van der Waals surface area contributed by atoms with E-state index in [1.807, 2.05) is 24.3 Å². The average Bonchev–Trinajstić information content (AvgIpc) is 2.60. The first-order chi connectivity index (χ1) is 13.3. The molecule has 2 atom stereocenters. The van der Waals surface area contributed by atoms with E-state index in [0.717, 1.165) is 16.7 Å². The Morgan fingerprint density at radius 1 is 1.07 bits per heavy atom. The molecule has 0 spiro atoms. The van der Waals surface area contributed by atoms with Gasteiger partial charge in [0.15, 0.2) is 0 Å². The molecule has 1 amide bonds. The molecule has 2 aromatic rings. The van der Waals surface area contributed by atoms with Crippen molar-refractivity contribution in [3.8, 4) is 11.1 Å². The van der Waals surface area contributed by atoms with E-state index in [9.17, 15) is 14.7 Å². The van der Waals surface area contributed by atoms with E-state index in [4.69, 9.17) is 33.0 Å². The summed E-state index contributed by atoms with van der Waals surface area (Å²) in [5, 5.41) is 22.8. The van der Waals surface area contributed by atoms with Crippen LogP contribution in [0.25, 0.3) is 11.1 Å². The summed E-state index contributed by atoms with van der Waals surface area (Å²) in [5.41, 5.74) is 2.59. The summed E-state index contributed by atoms with van der Waals surface area (Å²) in [5.74, 6) is -1.58. The summed E-state index contributed by atoms with van der Waals surface area (Å²) in [6, 6.07) is 11.9. The van der Waals surface area contributed by atoms with Crippen molar-refractivity contribution in [1.82, 2.24) is 5.32 Å². The van der Waals surface area contributed by atoms with Crippen LogP contribution >= 0.6 is 23.2 Å². The molecule has 8 heteroatoms. The molecule has 2 aromatic carbocycles. The SMILES string of the molecule is COCC(=O)N[C@@H](Cc1ccc(-c2cc(Cl)cc(Cl)c2)cc1)C(O)CC(=O)O. The molecule has 0 saturated carbocycles. The molecule has 0 fully saturated rings. The summed E-state index contributed by atoms with van der Waals surface area (Å²) in [4.78, 5) is 22.7. The zero-order valence-corrected chi connectivity index (χ0v) is 16.7. The normalized spacial score (nSPS) is 13.0. The molecule has 0 aliphatic rings. The van der Waals surface area contributed by atoms with E-state index in [1.54, 1.807) is 18.2 Å². The highest BCUT2D eigenvalue weighted by Crippen LogP contribution is 2.27. The largest absolute Gasteiger partial charge is 0.481 e. The van der Waals surface area contributed by atoms with Crippen molar-refractivity contribution in [1.29, 1.82) is 0 Å². The number of rotatable bonds is 9. The standard InChI is InChI=1S/C20H21Cl2NO5/c1-28-11-19(25)23-17(18(24)10-20(26)27)6-12-2-4-13(5-3-12)14-7-15(21)9-16(22)8-14/h2-5,7-9,17-18,24H,6,10-11H2,1H3,(H,23,25)(H,26,27)/t17-,18?/m0/s1. The second-order valence-corrected chi connectivity index (χ2v) is 7.20. The molecule has 2 rings (SSSR count). The number of carbonyl (C=O) groups excluding carboxylic acids is 1. The first-order valence-electron chi connectivity index (χ1n) is 8.52. The molecule has 0 aromatic heterocycles. The third-order valence-electron chi connectivity index (χ3n) is 4.08. The van der Waals surface area contributed by atoms with Crippen molar-refractivity contribution >= 4 is 35.1 Å². The van der Waals surface area contributed by atoms with Crippen molar-refractivity contribution < 1.29 is 24.5 Å². The van der Waals surface area contributed by atoms with Crippen LogP contribution < -0.4 is 5.32 Å². The Morgan fingerprint density at radius 2 is 1.68 bits per heavy atom. The van der Waals surface area contributed by atoms with Gasteiger partial charge in [-0.25, -0.2) is 0 Å². The maximum atomic E-state index is 11.8. The van der Waals surface area contributed by atoms with Gasteiger partial charge in [0.2, 0.25) is 5.91 Å². The number of aliphatic hydroxyl groups excluding tert-OH is 1. The lowest BCUT2D eigenvalue weighted by molar-refractivity contribution is -0.140. The number of methoxy groups -OCH3 is 1. The molecule has 6 nitrogen and oxygen atoms in total. The van der Waals surface area contributed by atoms with E-state index < -0.39 is 30.4 Å². The Kier molecular flexibility index (Phi) is 8.26. The molecule has 0 bridgehead atoms. The van der Waals surface area contributed by atoms with Gasteiger partial charge in [-0.05, 0) is 41.3 Å². The maximum Gasteiger partial charge on any atom is 0.306 e. The molecule has 28 heavy (non-hydrogen) atoms. The number of carboxylic acids is 1. The Labute approximate surface area is 173 Å². The fourth-order valence-electron chi connectivity index (χ4n) is 2.79. The smallest absolute Gasteiger partial charge is 0.306 e. The predicted octanol–water partition coefficient (Wildman–Crippen LogP) is 3.17. The number of halogens is 2. The highest BCUT2D eigenvalue weighted by Gasteiger charge is 2.24. The van der Waals surface area contributed by atoms with Gasteiger partial charge in [-0.3, -0.25) is 9.59 Å². The Hall–Kier alpha value is -2.12. The molecular formula is C20H21Cl2NO5. The van der Waals surface area contributed by atoms with Gasteiger partial charge in [-0.2, -0.15) is 0 Å². The van der Waals surface area contributed by atoms with Gasteiger partial charge in [0.1, 0.15) is 6.61 Å². The first-order valence-corrected chi connectivity index (χ1v) is 9.27. The van der Waals surface area contributed by atoms with E-state index in [1.165, 1.54) is 7.11 Å². The van der Waals surface area contributed by atoms with Gasteiger partial charge < -0.3 is 20.3 Å². The van der Waals surface area contributed by atoms with Crippen LogP contribution in [-0.2, 0) is 20.7 Å². The lowest BCUT2D eigenvalue weighted by Gasteiger charge is -2.23. The molecular weight excluding hydrogens is 405 g/mol. The topological polar surface area (TPSA) is 95.9 Å². The highest BCUT2D eigenvalue weighted by atomic mass is 35.5. The van der Waals surface area contributed by atoms with Crippen LogP contribution in [0.2, 0.25) is 10.0 Å². The summed E-state index contributed by atoms with van der Waals surface area (Å²) in [6.45, 7) is -0.176. The van der Waals surface area contributed by atoms with E-state index in [2.05, 4.69) is 5.32 Å². The maximum absolute atomic E-state index is 11.8. The van der Waals surface area contributed by atoms with Crippen LogP contribution in [0.1, 0.15) is 12.0 Å². The quantitative estimate of drug-likeness (QED) is 0.573. The lowest BCUT2D eigenvalue weighted by atomic mass is 9.97. The van der Waals surface area contributed by atoms with Crippen LogP contribution in [0.15, 0.2) is 42.5 Å². The van der Waals surface area contributed by atoms with Crippen LogP contribution in [0.3, 0.4) is 0 Å². The van der Waals surface area contributed by atoms with Crippen LogP contribution in [-0.4, -0.2) is 48.0 Å². The van der Waals surface area contributed by atoms with E-state index >= 15 is 0 Å². The van der Waals surface area contributed by atoms with Crippen molar-refractivity contribution in [2.75, 3.05) is 13.7 Å². The minimum Gasteiger partial charge on any atom is -0.481 e. The second-order valence-electron chi connectivity index (χ2n) is 6.33. The van der Waals surface area contributed by atoms with E-state index in [0.29, 0.717) is 10.0 Å². The molecule has 0 radical (unpaired) electrons. The van der Waals surface area contributed by atoms with Gasteiger partial charge >= 0.3 is 5.97 Å². The molecule has 0 aliphatic carbocycles. The fraction of sp³-hybridized carbons (Fsp3) is 0.300. The summed E-state index contributed by atoms with van der Waals surface area (Å²) in [7, 11) is 1.38. The second kappa shape index (κ2) is 10.4. The van der Waals surface area contributed by atoms with Crippen molar-refractivity contribution in [2.45, 2.75) is 25.0 Å². The zero-order valence-electron chi connectivity index (χ0n) is 15.2. The summed E-state index contributed by atoms with van der Waals surface area (Å²) >= 11 is 12.1. The summed E-state index contributed by atoms with van der Waals surface area (Å²) < 4.78 is 4.77. The number of amides is 1. The number of hydrogen-bond donors (Lipinski definition) is 3. The predicted molar refractivity (Wildman–Crippen MR) is 108 cm³/mol. The number of carbonyl (C=O) groups is 2. The van der Waals surface area contributed by atoms with Crippen LogP contribution in [0.5, 0.6) is 0 Å². The number of carboxylic acid groups (broad SMARTS) is 1. The monoisotopic (exact) mass is 425 g/mol. The van der Waals surface area contributed by atoms with Crippen LogP contribution in [0, 0.1) is 0 Å². The fourth-order valence-corrected chi connectivity index (χ4v) is 3.32. The molecule has 3 N–H and O–H groups in total. The number of hydrogen-bond acceptors (Lipinski definition) is 4. The Morgan fingerprint density at radius 3 is 2.21 bits per heavy atom. The Bertz CT molecular complexity index is 806. The molecule has 0 heterocycles. The van der Waals surface area contributed by atoms with Crippen LogP contribution in [0.4, 0.5) is 0 Å². The molecule has 0 aliphatic heterocycles. The number of ether oxygens (including phenoxy) is 1. The third kappa shape index (κ3) is 6.80. The van der Waals surface area contributed by atoms with Gasteiger partial charge in [0.25, 0.3) is 0 Å². The summed E-state index contributed by atoms with van der Waals surface area (Å²) in [6.07, 6.45) is -1.44. The highest BCUT2D eigenvalue weighted by molar-refractivity contribution is 6.35. The minimum absolute atomic E-state index is 0.176. The molecule has 1 unspecified atom stereocenters.